The third-order valence-corrected chi connectivity index (χ3v) is 4.44. The van der Waals surface area contributed by atoms with Gasteiger partial charge in [-0.2, -0.15) is 0 Å². The average molecular weight is 261 g/mol. The van der Waals surface area contributed by atoms with E-state index in [1.807, 2.05) is 19.6 Å². The molecule has 1 aromatic heterocycles. The summed E-state index contributed by atoms with van der Waals surface area (Å²) in [5.41, 5.74) is 7.37. The number of nitrogens with zero attached hydrogens (tertiary/aromatic N) is 4. The molecule has 5 nitrogen and oxygen atoms in total. The first-order valence-electron chi connectivity index (χ1n) is 7.32. The van der Waals surface area contributed by atoms with Gasteiger partial charge in [-0.3, -0.25) is 4.99 Å². The summed E-state index contributed by atoms with van der Waals surface area (Å²) in [6.07, 6.45) is 11.6. The minimum absolute atomic E-state index is 0.274. The van der Waals surface area contributed by atoms with E-state index in [1.165, 1.54) is 44.2 Å². The molecule has 1 fully saturated rings. The number of guanidine groups is 1. The maximum absolute atomic E-state index is 6.15. The molecule has 5 heteroatoms. The van der Waals surface area contributed by atoms with E-state index in [1.54, 1.807) is 0 Å². The Morgan fingerprint density at radius 1 is 1.21 bits per heavy atom. The summed E-state index contributed by atoms with van der Waals surface area (Å²) in [5, 5.41) is 0. The second kappa shape index (κ2) is 5.23. The number of nitrogens with two attached hydrogens (primary N) is 1. The van der Waals surface area contributed by atoms with E-state index in [4.69, 9.17) is 5.73 Å². The first-order valence-corrected chi connectivity index (χ1v) is 7.32. The Bertz CT molecular complexity index is 456. The molecule has 19 heavy (non-hydrogen) atoms. The highest BCUT2D eigenvalue weighted by Gasteiger charge is 2.34. The van der Waals surface area contributed by atoms with E-state index in [2.05, 4.69) is 19.4 Å². The lowest BCUT2D eigenvalue weighted by Crippen LogP contribution is -2.44. The second-order valence-corrected chi connectivity index (χ2v) is 5.70. The van der Waals surface area contributed by atoms with E-state index >= 15 is 0 Å². The molecule has 0 spiro atoms. The van der Waals surface area contributed by atoms with Crippen LogP contribution in [0.5, 0.6) is 0 Å². The highest BCUT2D eigenvalue weighted by Crippen LogP contribution is 2.32. The van der Waals surface area contributed by atoms with Crippen molar-refractivity contribution in [2.45, 2.75) is 50.6 Å². The van der Waals surface area contributed by atoms with Crippen LogP contribution in [0.3, 0.4) is 0 Å². The zero-order valence-electron chi connectivity index (χ0n) is 11.6. The van der Waals surface area contributed by atoms with Crippen molar-refractivity contribution in [2.24, 2.45) is 17.8 Å². The fourth-order valence-corrected chi connectivity index (χ4v) is 3.41. The highest BCUT2D eigenvalue weighted by atomic mass is 15.4. The molecule has 0 radical (unpaired) electrons. The van der Waals surface area contributed by atoms with Gasteiger partial charge >= 0.3 is 0 Å². The summed E-state index contributed by atoms with van der Waals surface area (Å²) >= 11 is 0. The normalized spacial score (nSPS) is 25.4. The van der Waals surface area contributed by atoms with Crippen molar-refractivity contribution in [2.75, 3.05) is 6.54 Å². The molecule has 3 rings (SSSR count). The van der Waals surface area contributed by atoms with Gasteiger partial charge in [-0.1, -0.05) is 25.7 Å². The van der Waals surface area contributed by atoms with Crippen LogP contribution in [0.1, 0.15) is 50.3 Å². The molecule has 1 saturated carbocycles. The summed E-state index contributed by atoms with van der Waals surface area (Å²) in [5.74, 6) is 0.720. The molecule has 0 amide bonds. The Balaban J connectivity index is 1.83. The smallest absolute Gasteiger partial charge is 0.192 e. The molecule has 0 aromatic carbocycles. The zero-order chi connectivity index (χ0) is 13.2. The van der Waals surface area contributed by atoms with Crippen LogP contribution in [-0.4, -0.2) is 33.0 Å². The van der Waals surface area contributed by atoms with Gasteiger partial charge in [-0.15, -0.1) is 0 Å². The quantitative estimate of drug-likeness (QED) is 0.826. The second-order valence-electron chi connectivity index (χ2n) is 5.70. The van der Waals surface area contributed by atoms with E-state index in [0.29, 0.717) is 6.04 Å². The fraction of sp³-hybridized carbons (Fsp3) is 0.714. The van der Waals surface area contributed by atoms with Gasteiger partial charge in [0.05, 0.1) is 30.8 Å². The number of hydrogen-bond acceptors (Lipinski definition) is 4. The molecule has 2 N–H and O–H groups in total. The van der Waals surface area contributed by atoms with Crippen LogP contribution in [0.2, 0.25) is 0 Å². The molecule has 1 atom stereocenters. The van der Waals surface area contributed by atoms with Gasteiger partial charge in [0.25, 0.3) is 0 Å². The predicted octanol–water partition coefficient (Wildman–Crippen LogP) is 1.81. The van der Waals surface area contributed by atoms with Gasteiger partial charge in [0, 0.05) is 13.1 Å². The molecular weight excluding hydrogens is 238 g/mol. The Labute approximate surface area is 114 Å². The van der Waals surface area contributed by atoms with Gasteiger partial charge in [-0.25, -0.2) is 4.98 Å². The minimum atomic E-state index is 0.274. The van der Waals surface area contributed by atoms with Crippen LogP contribution in [-0.2, 0) is 7.05 Å². The number of rotatable bonds is 2. The fourth-order valence-electron chi connectivity index (χ4n) is 3.41. The average Bonchev–Trinajstić information content (AvgIpc) is 2.87. The third kappa shape index (κ3) is 2.33. The standard InChI is InChI=1S/C14H23N5/c1-18-10-16-8-12(18)13-9-17-14(15)19(13)11-6-4-2-3-5-7-11/h8,10-11,13H,2-7,9H2,1H3,(H2,15,17). The molecule has 1 aromatic rings. The van der Waals surface area contributed by atoms with Crippen molar-refractivity contribution in [1.29, 1.82) is 0 Å². The molecule has 1 aliphatic heterocycles. The highest BCUT2D eigenvalue weighted by molar-refractivity contribution is 5.80. The lowest BCUT2D eigenvalue weighted by atomic mass is 10.0. The van der Waals surface area contributed by atoms with Gasteiger partial charge in [0.2, 0.25) is 0 Å². The van der Waals surface area contributed by atoms with E-state index in [0.717, 1.165) is 12.5 Å². The number of aromatic nitrogens is 2. The summed E-state index contributed by atoms with van der Waals surface area (Å²) in [4.78, 5) is 11.1. The molecule has 2 aliphatic rings. The summed E-state index contributed by atoms with van der Waals surface area (Å²) in [6.45, 7) is 0.766. The van der Waals surface area contributed by atoms with E-state index in [-0.39, 0.29) is 6.04 Å². The van der Waals surface area contributed by atoms with Crippen molar-refractivity contribution in [3.8, 4) is 0 Å². The Morgan fingerprint density at radius 3 is 2.58 bits per heavy atom. The predicted molar refractivity (Wildman–Crippen MR) is 75.8 cm³/mol. The maximum atomic E-state index is 6.15. The number of imidazole rings is 1. The maximum Gasteiger partial charge on any atom is 0.192 e. The Hall–Kier alpha value is -1.52. The van der Waals surface area contributed by atoms with Gasteiger partial charge in [0.15, 0.2) is 5.96 Å². The van der Waals surface area contributed by atoms with E-state index in [9.17, 15) is 0 Å². The Kier molecular flexibility index (Phi) is 3.44. The van der Waals surface area contributed by atoms with Gasteiger partial charge < -0.3 is 15.2 Å². The number of aliphatic imine (C=N–C) groups is 1. The first kappa shape index (κ1) is 12.5. The van der Waals surface area contributed by atoms with Gasteiger partial charge in [-0.05, 0) is 12.8 Å². The van der Waals surface area contributed by atoms with E-state index < -0.39 is 0 Å². The van der Waals surface area contributed by atoms with Crippen LogP contribution in [0.15, 0.2) is 17.5 Å². The molecule has 0 bridgehead atoms. The van der Waals surface area contributed by atoms with Crippen molar-refractivity contribution in [3.63, 3.8) is 0 Å². The molecule has 1 unspecified atom stereocenters. The van der Waals surface area contributed by atoms with Crippen molar-refractivity contribution in [3.05, 3.63) is 18.2 Å². The first-order chi connectivity index (χ1) is 9.27. The summed E-state index contributed by atoms with van der Waals surface area (Å²) in [7, 11) is 2.04. The third-order valence-electron chi connectivity index (χ3n) is 4.44. The largest absolute Gasteiger partial charge is 0.370 e. The molecule has 2 heterocycles. The number of hydrogen-bond donors (Lipinski definition) is 1. The summed E-state index contributed by atoms with van der Waals surface area (Å²) < 4.78 is 2.09. The zero-order valence-corrected chi connectivity index (χ0v) is 11.6. The van der Waals surface area contributed by atoms with Gasteiger partial charge in [0.1, 0.15) is 0 Å². The van der Waals surface area contributed by atoms with Crippen LogP contribution in [0.4, 0.5) is 0 Å². The lowest BCUT2D eigenvalue weighted by molar-refractivity contribution is 0.231. The monoisotopic (exact) mass is 261 g/mol. The van der Waals surface area contributed by atoms with Crippen LogP contribution < -0.4 is 5.73 Å². The van der Waals surface area contributed by atoms with Crippen LogP contribution >= 0.6 is 0 Å². The lowest BCUT2D eigenvalue weighted by Gasteiger charge is -2.34. The summed E-state index contributed by atoms with van der Waals surface area (Å²) in [6, 6.07) is 0.823. The van der Waals surface area contributed by atoms with Crippen molar-refractivity contribution >= 4 is 5.96 Å². The molecular formula is C14H23N5. The van der Waals surface area contributed by atoms with Crippen LogP contribution in [0.25, 0.3) is 0 Å². The molecule has 1 aliphatic carbocycles. The van der Waals surface area contributed by atoms with Crippen molar-refractivity contribution < 1.29 is 0 Å². The number of aryl methyl sites for hydroxylation is 1. The van der Waals surface area contributed by atoms with Crippen molar-refractivity contribution in [1.82, 2.24) is 14.5 Å². The molecule has 0 saturated heterocycles. The Morgan fingerprint density at radius 2 is 1.95 bits per heavy atom. The minimum Gasteiger partial charge on any atom is -0.370 e. The molecule has 104 valence electrons. The SMILES string of the molecule is Cn1cncc1C1CN=C(N)N1C1CCCCCC1. The topological polar surface area (TPSA) is 59.4 Å². The van der Waals surface area contributed by atoms with Crippen LogP contribution in [0, 0.1) is 0 Å².